The van der Waals surface area contributed by atoms with Crippen LogP contribution < -0.4 is 0 Å². The van der Waals surface area contributed by atoms with Crippen LogP contribution in [0.1, 0.15) is 30.1 Å². The molecule has 116 valence electrons. The molecule has 0 aromatic heterocycles. The number of piperidine rings is 1. The van der Waals surface area contributed by atoms with Crippen LogP contribution in [0, 0.1) is 0 Å². The first-order valence-corrected chi connectivity index (χ1v) is 8.24. The highest BCUT2D eigenvalue weighted by Gasteiger charge is 2.23. The molecule has 1 heterocycles. The van der Waals surface area contributed by atoms with Gasteiger partial charge in [-0.05, 0) is 49.7 Å². The SMILES string of the molecule is CN1CCCC(OC(c2ccccc2)c2ccc(Cl)cc2)C1. The van der Waals surface area contributed by atoms with E-state index in [2.05, 4.69) is 48.3 Å². The third kappa shape index (κ3) is 3.89. The van der Waals surface area contributed by atoms with Crippen LogP contribution >= 0.6 is 11.6 Å². The van der Waals surface area contributed by atoms with Crippen LogP contribution in [0.25, 0.3) is 0 Å². The lowest BCUT2D eigenvalue weighted by molar-refractivity contribution is -0.0281. The number of nitrogens with zero attached hydrogens (tertiary/aromatic N) is 1. The Hall–Kier alpha value is -1.35. The van der Waals surface area contributed by atoms with Gasteiger partial charge in [-0.3, -0.25) is 0 Å². The molecule has 3 heteroatoms. The summed E-state index contributed by atoms with van der Waals surface area (Å²) in [7, 11) is 2.16. The van der Waals surface area contributed by atoms with Crippen molar-refractivity contribution in [1.29, 1.82) is 0 Å². The lowest BCUT2D eigenvalue weighted by Crippen LogP contribution is -2.37. The van der Waals surface area contributed by atoms with E-state index in [1.165, 1.54) is 12.0 Å². The fraction of sp³-hybridized carbons (Fsp3) is 0.368. The molecule has 2 aromatic rings. The van der Waals surface area contributed by atoms with E-state index >= 15 is 0 Å². The van der Waals surface area contributed by atoms with Gasteiger partial charge in [0.2, 0.25) is 0 Å². The van der Waals surface area contributed by atoms with Gasteiger partial charge in [-0.15, -0.1) is 0 Å². The normalized spacial score (nSPS) is 20.7. The predicted molar refractivity (Wildman–Crippen MR) is 91.3 cm³/mol. The van der Waals surface area contributed by atoms with E-state index in [4.69, 9.17) is 16.3 Å². The Morgan fingerprint density at radius 2 is 1.73 bits per heavy atom. The minimum Gasteiger partial charge on any atom is -0.364 e. The molecule has 0 N–H and O–H groups in total. The third-order valence-corrected chi connectivity index (χ3v) is 4.44. The van der Waals surface area contributed by atoms with Crippen LogP contribution in [0.15, 0.2) is 54.6 Å². The largest absolute Gasteiger partial charge is 0.364 e. The molecule has 0 spiro atoms. The first kappa shape index (κ1) is 15.5. The average Bonchev–Trinajstić information content (AvgIpc) is 2.55. The van der Waals surface area contributed by atoms with Crippen molar-refractivity contribution in [1.82, 2.24) is 4.90 Å². The van der Waals surface area contributed by atoms with Crippen LogP contribution in [0.3, 0.4) is 0 Å². The first-order chi connectivity index (χ1) is 10.7. The van der Waals surface area contributed by atoms with Gasteiger partial charge in [-0.1, -0.05) is 54.1 Å². The molecule has 2 aromatic carbocycles. The summed E-state index contributed by atoms with van der Waals surface area (Å²) >= 11 is 6.03. The molecule has 2 unspecified atom stereocenters. The number of likely N-dealkylation sites (tertiary alicyclic amines) is 1. The fourth-order valence-electron chi connectivity index (χ4n) is 3.04. The number of benzene rings is 2. The van der Waals surface area contributed by atoms with E-state index in [1.54, 1.807) is 0 Å². The maximum atomic E-state index is 6.49. The van der Waals surface area contributed by atoms with Gasteiger partial charge in [0, 0.05) is 11.6 Å². The highest BCUT2D eigenvalue weighted by Crippen LogP contribution is 2.30. The van der Waals surface area contributed by atoms with Gasteiger partial charge in [0.05, 0.1) is 6.10 Å². The quantitative estimate of drug-likeness (QED) is 0.821. The maximum absolute atomic E-state index is 6.49. The molecule has 0 bridgehead atoms. The summed E-state index contributed by atoms with van der Waals surface area (Å²) in [5.74, 6) is 0. The van der Waals surface area contributed by atoms with Crippen LogP contribution in [-0.4, -0.2) is 31.1 Å². The Morgan fingerprint density at radius 1 is 1.05 bits per heavy atom. The Balaban J connectivity index is 1.84. The highest BCUT2D eigenvalue weighted by atomic mass is 35.5. The van der Waals surface area contributed by atoms with E-state index in [0.29, 0.717) is 0 Å². The summed E-state index contributed by atoms with van der Waals surface area (Å²) in [4.78, 5) is 2.35. The van der Waals surface area contributed by atoms with Crippen molar-refractivity contribution in [3.05, 3.63) is 70.7 Å². The molecule has 0 radical (unpaired) electrons. The van der Waals surface area contributed by atoms with Crippen molar-refractivity contribution in [2.45, 2.75) is 25.0 Å². The van der Waals surface area contributed by atoms with Crippen LogP contribution in [0.2, 0.25) is 5.02 Å². The van der Waals surface area contributed by atoms with Crippen molar-refractivity contribution in [3.8, 4) is 0 Å². The Bertz CT molecular complexity index is 584. The molecular formula is C19H22ClNO. The fourth-order valence-corrected chi connectivity index (χ4v) is 3.16. The summed E-state index contributed by atoms with van der Waals surface area (Å²) in [6.45, 7) is 2.16. The topological polar surface area (TPSA) is 12.5 Å². The molecule has 1 aliphatic rings. The molecule has 0 saturated carbocycles. The number of likely N-dealkylation sites (N-methyl/N-ethyl adjacent to an activating group) is 1. The number of hydrogen-bond acceptors (Lipinski definition) is 2. The number of rotatable bonds is 4. The Morgan fingerprint density at radius 3 is 2.41 bits per heavy atom. The monoisotopic (exact) mass is 315 g/mol. The Labute approximate surface area is 137 Å². The van der Waals surface area contributed by atoms with Gasteiger partial charge >= 0.3 is 0 Å². The predicted octanol–water partition coefficient (Wildman–Crippen LogP) is 4.54. The van der Waals surface area contributed by atoms with Crippen molar-refractivity contribution in [3.63, 3.8) is 0 Å². The van der Waals surface area contributed by atoms with E-state index < -0.39 is 0 Å². The van der Waals surface area contributed by atoms with Gasteiger partial charge in [0.25, 0.3) is 0 Å². The summed E-state index contributed by atoms with van der Waals surface area (Å²) in [5, 5.41) is 0.757. The smallest absolute Gasteiger partial charge is 0.108 e. The minimum absolute atomic E-state index is 0.0324. The second-order valence-electron chi connectivity index (χ2n) is 6.00. The molecule has 2 nitrogen and oxygen atoms in total. The first-order valence-electron chi connectivity index (χ1n) is 7.87. The van der Waals surface area contributed by atoms with Crippen molar-refractivity contribution in [2.24, 2.45) is 0 Å². The Kier molecular flexibility index (Phi) is 5.14. The summed E-state index contributed by atoms with van der Waals surface area (Å²) in [6, 6.07) is 18.4. The van der Waals surface area contributed by atoms with Crippen molar-refractivity contribution in [2.75, 3.05) is 20.1 Å². The molecule has 0 amide bonds. The van der Waals surface area contributed by atoms with Gasteiger partial charge in [-0.25, -0.2) is 0 Å². The summed E-state index contributed by atoms with van der Waals surface area (Å²) < 4.78 is 6.49. The van der Waals surface area contributed by atoms with Gasteiger partial charge < -0.3 is 9.64 Å². The van der Waals surface area contributed by atoms with Gasteiger partial charge in [0.15, 0.2) is 0 Å². The third-order valence-electron chi connectivity index (χ3n) is 4.18. The highest BCUT2D eigenvalue weighted by molar-refractivity contribution is 6.30. The zero-order valence-corrected chi connectivity index (χ0v) is 13.7. The molecule has 1 fully saturated rings. The summed E-state index contributed by atoms with van der Waals surface area (Å²) in [5.41, 5.74) is 2.35. The number of hydrogen-bond donors (Lipinski definition) is 0. The molecule has 0 aliphatic carbocycles. The van der Waals surface area contributed by atoms with Crippen molar-refractivity contribution < 1.29 is 4.74 Å². The van der Waals surface area contributed by atoms with Crippen LogP contribution in [0.5, 0.6) is 0 Å². The zero-order valence-electron chi connectivity index (χ0n) is 12.9. The van der Waals surface area contributed by atoms with E-state index in [0.717, 1.165) is 30.1 Å². The molecular weight excluding hydrogens is 294 g/mol. The van der Waals surface area contributed by atoms with Gasteiger partial charge in [-0.2, -0.15) is 0 Å². The average molecular weight is 316 g/mol. The standard InChI is InChI=1S/C19H22ClNO/c1-21-13-5-8-18(14-21)22-19(15-6-3-2-4-7-15)16-9-11-17(20)12-10-16/h2-4,6-7,9-12,18-19H,5,8,13-14H2,1H3. The minimum atomic E-state index is -0.0324. The zero-order chi connectivity index (χ0) is 15.4. The second-order valence-corrected chi connectivity index (χ2v) is 6.44. The molecule has 1 saturated heterocycles. The second kappa shape index (κ2) is 7.28. The summed E-state index contributed by atoms with van der Waals surface area (Å²) in [6.07, 6.45) is 2.57. The molecule has 2 atom stereocenters. The maximum Gasteiger partial charge on any atom is 0.108 e. The molecule has 22 heavy (non-hydrogen) atoms. The van der Waals surface area contributed by atoms with E-state index in [-0.39, 0.29) is 12.2 Å². The van der Waals surface area contributed by atoms with Crippen molar-refractivity contribution >= 4 is 11.6 Å². The molecule has 1 aliphatic heterocycles. The number of halogens is 1. The lowest BCUT2D eigenvalue weighted by Gasteiger charge is -2.33. The van der Waals surface area contributed by atoms with E-state index in [1.807, 2.05) is 18.2 Å². The lowest BCUT2D eigenvalue weighted by atomic mass is 10.0. The van der Waals surface area contributed by atoms with Crippen LogP contribution in [0.4, 0.5) is 0 Å². The van der Waals surface area contributed by atoms with Crippen LogP contribution in [-0.2, 0) is 4.74 Å². The van der Waals surface area contributed by atoms with E-state index in [9.17, 15) is 0 Å². The molecule has 3 rings (SSSR count). The van der Waals surface area contributed by atoms with Gasteiger partial charge in [0.1, 0.15) is 6.10 Å². The number of ether oxygens (including phenoxy) is 1.